The fourth-order valence-electron chi connectivity index (χ4n) is 5.60. The van der Waals surface area contributed by atoms with Gasteiger partial charge in [-0.25, -0.2) is 18.4 Å². The zero-order chi connectivity index (χ0) is 21.6. The lowest BCUT2D eigenvalue weighted by Gasteiger charge is -2.31. The van der Waals surface area contributed by atoms with Crippen molar-refractivity contribution in [3.63, 3.8) is 0 Å². The second-order valence-electron chi connectivity index (χ2n) is 9.39. The van der Waals surface area contributed by atoms with Gasteiger partial charge in [0.25, 0.3) is 5.56 Å². The van der Waals surface area contributed by atoms with Crippen molar-refractivity contribution in [2.45, 2.75) is 82.1 Å². The van der Waals surface area contributed by atoms with Crippen LogP contribution < -0.4 is 5.56 Å². The minimum Gasteiger partial charge on any atom is -0.342 e. The average molecular weight is 434 g/mol. The number of amides is 1. The minimum absolute atomic E-state index is 0.120. The Hall–Kier alpha value is -2.32. The first kappa shape index (κ1) is 20.6. The number of likely N-dealkylation sites (tertiary alicyclic amines) is 1. The van der Waals surface area contributed by atoms with Crippen LogP contribution in [0.2, 0.25) is 0 Å². The topological polar surface area (TPSA) is 83.9 Å². The molecule has 1 amide bonds. The van der Waals surface area contributed by atoms with Crippen LogP contribution in [0, 0.1) is 5.92 Å². The molecule has 3 aliphatic rings. The molecule has 0 radical (unpaired) electrons. The van der Waals surface area contributed by atoms with Gasteiger partial charge in [-0.3, -0.25) is 9.59 Å². The maximum absolute atomic E-state index is 13.6. The number of hydrogen-bond acceptors (Lipinski definition) is 4. The van der Waals surface area contributed by atoms with E-state index in [1.807, 2.05) is 4.90 Å². The Bertz CT molecular complexity index is 1020. The predicted molar refractivity (Wildman–Crippen MR) is 111 cm³/mol. The van der Waals surface area contributed by atoms with Gasteiger partial charge in [-0.15, -0.1) is 0 Å². The zero-order valence-electron chi connectivity index (χ0n) is 17.7. The Morgan fingerprint density at radius 1 is 1.06 bits per heavy atom. The predicted octanol–water partition coefficient (Wildman–Crippen LogP) is 3.77. The van der Waals surface area contributed by atoms with Gasteiger partial charge in [-0.2, -0.15) is 5.10 Å². The molecule has 3 fully saturated rings. The first-order chi connectivity index (χ1) is 14.9. The van der Waals surface area contributed by atoms with Crippen LogP contribution in [0.5, 0.6) is 0 Å². The molecule has 2 aromatic heterocycles. The molecule has 2 saturated carbocycles. The molecule has 0 spiro atoms. The van der Waals surface area contributed by atoms with Crippen LogP contribution in [0.3, 0.4) is 0 Å². The highest BCUT2D eigenvalue weighted by atomic mass is 19.3. The maximum atomic E-state index is 13.6. The van der Waals surface area contributed by atoms with E-state index >= 15 is 0 Å². The monoisotopic (exact) mass is 433 g/mol. The van der Waals surface area contributed by atoms with Gasteiger partial charge in [-0.05, 0) is 44.9 Å². The van der Waals surface area contributed by atoms with Crippen LogP contribution in [0.1, 0.15) is 82.0 Å². The summed E-state index contributed by atoms with van der Waals surface area (Å²) < 4.78 is 28.9. The van der Waals surface area contributed by atoms with Crippen LogP contribution in [-0.4, -0.2) is 49.6 Å². The van der Waals surface area contributed by atoms with E-state index in [1.165, 1.54) is 12.6 Å². The van der Waals surface area contributed by atoms with Crippen LogP contribution in [-0.2, 0) is 4.79 Å². The molecule has 1 N–H and O–H groups in total. The summed E-state index contributed by atoms with van der Waals surface area (Å²) in [5.74, 6) is -2.20. The van der Waals surface area contributed by atoms with Crippen molar-refractivity contribution in [2.24, 2.45) is 5.92 Å². The van der Waals surface area contributed by atoms with E-state index in [9.17, 15) is 18.4 Å². The molecular weight excluding hydrogens is 404 g/mol. The number of nitrogens with zero attached hydrogens (tertiary/aromatic N) is 4. The number of piperidine rings is 1. The highest BCUT2D eigenvalue weighted by Crippen LogP contribution is 2.41. The number of alkyl halides is 2. The number of halogens is 2. The third kappa shape index (κ3) is 3.87. The van der Waals surface area contributed by atoms with E-state index in [1.54, 1.807) is 4.68 Å². The molecule has 3 heterocycles. The molecule has 5 rings (SSSR count). The molecule has 7 nitrogen and oxygen atoms in total. The summed E-state index contributed by atoms with van der Waals surface area (Å²) in [5, 5.41) is 4.71. The van der Waals surface area contributed by atoms with Gasteiger partial charge in [0, 0.05) is 37.8 Å². The number of nitrogens with one attached hydrogen (secondary N) is 1. The van der Waals surface area contributed by atoms with Crippen molar-refractivity contribution in [3.05, 3.63) is 22.4 Å². The van der Waals surface area contributed by atoms with Gasteiger partial charge >= 0.3 is 0 Å². The van der Waals surface area contributed by atoms with Gasteiger partial charge in [0.15, 0.2) is 5.65 Å². The largest absolute Gasteiger partial charge is 0.342 e. The molecule has 2 aromatic rings. The van der Waals surface area contributed by atoms with E-state index < -0.39 is 5.92 Å². The summed E-state index contributed by atoms with van der Waals surface area (Å²) in [7, 11) is 0. The van der Waals surface area contributed by atoms with Gasteiger partial charge in [0.1, 0.15) is 11.2 Å². The van der Waals surface area contributed by atoms with E-state index in [-0.39, 0.29) is 42.2 Å². The number of hydrogen-bond donors (Lipinski definition) is 1. The maximum Gasteiger partial charge on any atom is 0.262 e. The second-order valence-corrected chi connectivity index (χ2v) is 9.39. The van der Waals surface area contributed by atoms with E-state index in [2.05, 4.69) is 10.1 Å². The standard InChI is InChI=1S/C22H29F2N5O2/c23-22(24)9-7-14(8-10-22)29-19-17(13-25-29)20(30)27-18(26-19)15-5-4-6-16(15)21(31)28-11-2-1-3-12-28/h13-16H,1-12H2,(H,26,27,30). The van der Waals surface area contributed by atoms with E-state index in [0.717, 1.165) is 45.2 Å². The number of aromatic nitrogens is 4. The van der Waals surface area contributed by atoms with Crippen molar-refractivity contribution in [3.8, 4) is 0 Å². The summed E-state index contributed by atoms with van der Waals surface area (Å²) >= 11 is 0. The molecule has 2 atom stereocenters. The third-order valence-electron chi connectivity index (χ3n) is 7.37. The number of rotatable bonds is 3. The van der Waals surface area contributed by atoms with Crippen molar-refractivity contribution in [2.75, 3.05) is 13.1 Å². The zero-order valence-corrected chi connectivity index (χ0v) is 17.7. The molecule has 0 aromatic carbocycles. The Labute approximate surface area is 179 Å². The van der Waals surface area contributed by atoms with Crippen molar-refractivity contribution in [1.82, 2.24) is 24.6 Å². The summed E-state index contributed by atoms with van der Waals surface area (Å²) in [5.41, 5.74) is 0.175. The van der Waals surface area contributed by atoms with Gasteiger partial charge in [-0.1, -0.05) is 6.42 Å². The van der Waals surface area contributed by atoms with Gasteiger partial charge in [0.2, 0.25) is 11.8 Å². The molecule has 31 heavy (non-hydrogen) atoms. The van der Waals surface area contributed by atoms with Crippen molar-refractivity contribution >= 4 is 16.9 Å². The summed E-state index contributed by atoms with van der Waals surface area (Å²) in [6.07, 6.45) is 7.54. The molecule has 0 bridgehead atoms. The Balaban J connectivity index is 1.44. The highest BCUT2D eigenvalue weighted by Gasteiger charge is 2.39. The van der Waals surface area contributed by atoms with Crippen LogP contribution >= 0.6 is 0 Å². The number of aromatic amines is 1. The molecular formula is C22H29F2N5O2. The number of carbonyl (C=O) groups is 1. The summed E-state index contributed by atoms with van der Waals surface area (Å²) in [6.45, 7) is 1.62. The van der Waals surface area contributed by atoms with Gasteiger partial charge in [0.05, 0.1) is 12.2 Å². The fraction of sp³-hybridized carbons (Fsp3) is 0.727. The fourth-order valence-corrected chi connectivity index (χ4v) is 5.60. The Kier molecular flexibility index (Phi) is 5.30. The SMILES string of the molecule is O=C(C1CCCC1c1nc2c(cnn2C2CCC(F)(F)CC2)c(=O)[nH]1)N1CCCCC1. The molecule has 9 heteroatoms. The quantitative estimate of drug-likeness (QED) is 0.799. The summed E-state index contributed by atoms with van der Waals surface area (Å²) in [6, 6.07) is -0.186. The lowest BCUT2D eigenvalue weighted by molar-refractivity contribution is -0.136. The van der Waals surface area contributed by atoms with Crippen molar-refractivity contribution < 1.29 is 13.6 Å². The molecule has 2 aliphatic carbocycles. The number of fused-ring (bicyclic) bond motifs is 1. The number of carbonyl (C=O) groups excluding carboxylic acids is 1. The normalized spacial score (nSPS) is 27.1. The average Bonchev–Trinajstić information content (AvgIpc) is 3.41. The second kappa shape index (κ2) is 7.98. The smallest absolute Gasteiger partial charge is 0.262 e. The van der Waals surface area contributed by atoms with Crippen LogP contribution in [0.4, 0.5) is 8.78 Å². The number of H-pyrrole nitrogens is 1. The molecule has 1 saturated heterocycles. The lowest BCUT2D eigenvalue weighted by Crippen LogP contribution is -2.40. The minimum atomic E-state index is -2.62. The van der Waals surface area contributed by atoms with Crippen LogP contribution in [0.25, 0.3) is 11.0 Å². The van der Waals surface area contributed by atoms with Gasteiger partial charge < -0.3 is 9.88 Å². The molecule has 1 aliphatic heterocycles. The van der Waals surface area contributed by atoms with Crippen LogP contribution in [0.15, 0.2) is 11.0 Å². The van der Waals surface area contributed by atoms with E-state index in [4.69, 9.17) is 4.98 Å². The molecule has 168 valence electrons. The van der Waals surface area contributed by atoms with E-state index in [0.29, 0.717) is 29.7 Å². The Morgan fingerprint density at radius 2 is 1.81 bits per heavy atom. The highest BCUT2D eigenvalue weighted by molar-refractivity contribution is 5.80. The molecule has 2 unspecified atom stereocenters. The first-order valence-corrected chi connectivity index (χ1v) is 11.6. The third-order valence-corrected chi connectivity index (χ3v) is 7.37. The first-order valence-electron chi connectivity index (χ1n) is 11.6. The van der Waals surface area contributed by atoms with Crippen molar-refractivity contribution in [1.29, 1.82) is 0 Å². The lowest BCUT2D eigenvalue weighted by atomic mass is 9.92. The summed E-state index contributed by atoms with van der Waals surface area (Å²) in [4.78, 5) is 35.6. The Morgan fingerprint density at radius 3 is 2.55 bits per heavy atom.